The number of aryl methyl sites for hydroxylation is 1. The fraction of sp³-hybridized carbons (Fsp3) is 0.348. The molecule has 0 aliphatic heterocycles. The Morgan fingerprint density at radius 3 is 2.30 bits per heavy atom. The van der Waals surface area contributed by atoms with Crippen molar-refractivity contribution in [3.05, 3.63) is 59.8 Å². The first-order chi connectivity index (χ1) is 14.2. The highest BCUT2D eigenvalue weighted by Gasteiger charge is 2.34. The maximum atomic E-state index is 13.0. The minimum absolute atomic E-state index is 0.397. The summed E-state index contributed by atoms with van der Waals surface area (Å²) < 4.78 is 24.5. The van der Waals surface area contributed by atoms with Crippen LogP contribution in [0.25, 0.3) is 10.9 Å². The number of rotatable bonds is 7. The smallest absolute Gasteiger partial charge is 0.489 e. The molecule has 2 aromatic carbocycles. The third-order valence-corrected chi connectivity index (χ3v) is 4.71. The molecule has 0 N–H and O–H groups in total. The Hall–Kier alpha value is -2.77. The maximum Gasteiger partial charge on any atom is 0.496 e. The van der Waals surface area contributed by atoms with Crippen molar-refractivity contribution in [2.45, 2.75) is 33.0 Å². The van der Waals surface area contributed by atoms with Crippen LogP contribution < -0.4 is 10.2 Å². The molecule has 6 nitrogen and oxygen atoms in total. The zero-order chi connectivity index (χ0) is 21.9. The Balaban J connectivity index is 2.06. The molecule has 0 spiro atoms. The number of nitrogens with zero attached hydrogens (tertiary/aromatic N) is 1. The van der Waals surface area contributed by atoms with Crippen LogP contribution in [0.15, 0.2) is 48.5 Å². The number of ether oxygens (including phenoxy) is 2. The summed E-state index contributed by atoms with van der Waals surface area (Å²) in [7, 11) is 4.20. The number of benzene rings is 2. The largest absolute Gasteiger partial charge is 0.496 e. The molecular weight excluding hydrogens is 381 g/mol. The molecule has 30 heavy (non-hydrogen) atoms. The normalized spacial score (nSPS) is 11.5. The summed E-state index contributed by atoms with van der Waals surface area (Å²) in [4.78, 5) is 13.0. The molecule has 3 aromatic rings. The van der Waals surface area contributed by atoms with Crippen molar-refractivity contribution < 1.29 is 23.6 Å². The van der Waals surface area contributed by atoms with E-state index >= 15 is 0 Å². The van der Waals surface area contributed by atoms with Gasteiger partial charge in [-0.1, -0.05) is 30.3 Å². The Morgan fingerprint density at radius 2 is 1.70 bits per heavy atom. The number of esters is 1. The third-order valence-electron chi connectivity index (χ3n) is 4.71. The highest BCUT2D eigenvalue weighted by molar-refractivity contribution is 6.66. The fourth-order valence-electron chi connectivity index (χ4n) is 3.43. The van der Waals surface area contributed by atoms with Gasteiger partial charge in [0.2, 0.25) is 0 Å². The van der Waals surface area contributed by atoms with Crippen LogP contribution in [-0.4, -0.2) is 37.5 Å². The summed E-state index contributed by atoms with van der Waals surface area (Å²) in [6, 6.07) is 15.7. The first-order valence-corrected chi connectivity index (χ1v) is 9.83. The molecule has 0 aliphatic carbocycles. The molecule has 0 unspecified atom stereocenters. The molecule has 0 fully saturated rings. The second-order valence-electron chi connectivity index (χ2n) is 8.08. The second kappa shape index (κ2) is 8.94. The van der Waals surface area contributed by atoms with Gasteiger partial charge in [-0.25, -0.2) is 4.79 Å². The molecule has 1 aromatic heterocycles. The molecule has 0 saturated carbocycles. The Bertz CT molecular complexity index is 1020. The lowest BCUT2D eigenvalue weighted by Crippen LogP contribution is -2.40. The molecule has 0 saturated heterocycles. The van der Waals surface area contributed by atoms with Crippen LogP contribution in [0, 0.1) is 0 Å². The van der Waals surface area contributed by atoms with Gasteiger partial charge in [-0.3, -0.25) is 0 Å². The van der Waals surface area contributed by atoms with Crippen LogP contribution in [0.1, 0.15) is 36.8 Å². The number of carbonyl (C=O) groups excluding carboxylic acids is 1. The van der Waals surface area contributed by atoms with Gasteiger partial charge in [-0.15, -0.1) is 0 Å². The average molecular weight is 409 g/mol. The Kier molecular flexibility index (Phi) is 6.53. The quantitative estimate of drug-likeness (QED) is 0.440. The van der Waals surface area contributed by atoms with E-state index in [9.17, 15) is 4.79 Å². The van der Waals surface area contributed by atoms with E-state index in [1.54, 1.807) is 14.2 Å². The van der Waals surface area contributed by atoms with E-state index in [1.165, 1.54) is 0 Å². The van der Waals surface area contributed by atoms with Crippen LogP contribution in [-0.2, 0) is 27.7 Å². The van der Waals surface area contributed by atoms with Crippen LogP contribution >= 0.6 is 0 Å². The lowest BCUT2D eigenvalue weighted by Gasteiger charge is -2.20. The topological polar surface area (TPSA) is 58.9 Å². The molecule has 158 valence electrons. The summed E-state index contributed by atoms with van der Waals surface area (Å²) in [5, 5.41) is 0.817. The third kappa shape index (κ3) is 4.69. The molecule has 3 rings (SSSR count). The van der Waals surface area contributed by atoms with E-state index < -0.39 is 18.7 Å². The van der Waals surface area contributed by atoms with Crippen molar-refractivity contribution in [3.63, 3.8) is 0 Å². The minimum atomic E-state index is -0.722. The summed E-state index contributed by atoms with van der Waals surface area (Å²) in [5.41, 5.74) is 2.33. The molecule has 7 heteroatoms. The summed E-state index contributed by atoms with van der Waals surface area (Å²) >= 11 is 0. The highest BCUT2D eigenvalue weighted by Crippen LogP contribution is 2.25. The lowest BCUT2D eigenvalue weighted by atomic mass is 9.76. The van der Waals surface area contributed by atoms with Crippen molar-refractivity contribution >= 4 is 29.5 Å². The fourth-order valence-corrected chi connectivity index (χ4v) is 3.43. The van der Waals surface area contributed by atoms with E-state index in [0.717, 1.165) is 16.5 Å². The van der Waals surface area contributed by atoms with Gasteiger partial charge in [-0.05, 0) is 44.5 Å². The first-order valence-electron chi connectivity index (χ1n) is 9.83. The molecule has 0 atom stereocenters. The molecular formula is C23H28BNO5. The standard InChI is InChI=1S/C23H28BNO5/c1-23(2,3)30-22(26)21-20(24(27-5)28-6)18-14-17(12-13-19(18)25(21)4)29-15-16-10-8-7-9-11-16/h7-14H,15H2,1-6H3. The van der Waals surface area contributed by atoms with E-state index in [-0.39, 0.29) is 0 Å². The maximum absolute atomic E-state index is 13.0. The molecule has 0 radical (unpaired) electrons. The number of hydrogen-bond donors (Lipinski definition) is 0. The van der Waals surface area contributed by atoms with Crippen molar-refractivity contribution in [1.82, 2.24) is 4.57 Å². The number of aromatic nitrogens is 1. The number of fused-ring (bicyclic) bond motifs is 1. The van der Waals surface area contributed by atoms with Crippen molar-refractivity contribution in [3.8, 4) is 5.75 Å². The van der Waals surface area contributed by atoms with E-state index in [1.807, 2.05) is 80.9 Å². The van der Waals surface area contributed by atoms with E-state index in [0.29, 0.717) is 23.5 Å². The van der Waals surface area contributed by atoms with Crippen molar-refractivity contribution in [1.29, 1.82) is 0 Å². The SMILES string of the molecule is COB(OC)c1c(C(=O)OC(C)(C)C)n(C)c2ccc(OCc3ccccc3)cc12. The van der Waals surface area contributed by atoms with Gasteiger partial charge in [0.1, 0.15) is 23.7 Å². The molecule has 0 bridgehead atoms. The zero-order valence-electron chi connectivity index (χ0n) is 18.4. The van der Waals surface area contributed by atoms with Gasteiger partial charge < -0.3 is 23.3 Å². The molecule has 0 aliphatic rings. The van der Waals surface area contributed by atoms with Gasteiger partial charge in [0.15, 0.2) is 0 Å². The summed E-state index contributed by atoms with van der Waals surface area (Å²) in [6.07, 6.45) is 0. The molecule has 0 amide bonds. The number of carbonyl (C=O) groups is 1. The van der Waals surface area contributed by atoms with Crippen LogP contribution in [0.3, 0.4) is 0 Å². The van der Waals surface area contributed by atoms with Crippen LogP contribution in [0.2, 0.25) is 0 Å². The zero-order valence-corrected chi connectivity index (χ0v) is 18.4. The predicted octanol–water partition coefficient (Wildman–Crippen LogP) is 3.70. The number of hydrogen-bond acceptors (Lipinski definition) is 5. The van der Waals surface area contributed by atoms with Gasteiger partial charge in [0.25, 0.3) is 0 Å². The lowest BCUT2D eigenvalue weighted by molar-refractivity contribution is 0.00605. The van der Waals surface area contributed by atoms with E-state index in [4.69, 9.17) is 18.8 Å². The van der Waals surface area contributed by atoms with Crippen molar-refractivity contribution in [2.24, 2.45) is 7.05 Å². The monoisotopic (exact) mass is 409 g/mol. The average Bonchev–Trinajstić information content (AvgIpc) is 2.99. The Morgan fingerprint density at radius 1 is 1.03 bits per heavy atom. The van der Waals surface area contributed by atoms with Crippen LogP contribution in [0.5, 0.6) is 5.75 Å². The van der Waals surface area contributed by atoms with Crippen molar-refractivity contribution in [2.75, 3.05) is 14.2 Å². The van der Waals surface area contributed by atoms with Gasteiger partial charge >= 0.3 is 13.1 Å². The highest BCUT2D eigenvalue weighted by atomic mass is 16.6. The summed E-state index contributed by atoms with van der Waals surface area (Å²) in [5.74, 6) is 0.266. The van der Waals surface area contributed by atoms with Gasteiger partial charge in [0, 0.05) is 37.6 Å². The first kappa shape index (κ1) is 21.9. The van der Waals surface area contributed by atoms with E-state index in [2.05, 4.69) is 0 Å². The second-order valence-corrected chi connectivity index (χ2v) is 8.08. The van der Waals surface area contributed by atoms with Gasteiger partial charge in [0.05, 0.1) is 0 Å². The van der Waals surface area contributed by atoms with Crippen LogP contribution in [0.4, 0.5) is 0 Å². The molecule has 1 heterocycles. The Labute approximate surface area is 177 Å². The summed E-state index contributed by atoms with van der Waals surface area (Å²) in [6.45, 7) is 5.97. The minimum Gasteiger partial charge on any atom is -0.489 e. The predicted molar refractivity (Wildman–Crippen MR) is 118 cm³/mol. The van der Waals surface area contributed by atoms with Gasteiger partial charge in [-0.2, -0.15) is 0 Å².